The van der Waals surface area contributed by atoms with E-state index in [-0.39, 0.29) is 6.03 Å². The molecule has 0 bridgehead atoms. The van der Waals surface area contributed by atoms with Crippen LogP contribution in [0.2, 0.25) is 0 Å². The van der Waals surface area contributed by atoms with Crippen LogP contribution in [0, 0.1) is 6.92 Å². The molecule has 23 heavy (non-hydrogen) atoms. The fourth-order valence-corrected chi connectivity index (χ4v) is 3.04. The monoisotopic (exact) mass is 309 g/mol. The van der Waals surface area contributed by atoms with Gasteiger partial charge in [0, 0.05) is 30.2 Å². The molecule has 0 atom stereocenters. The van der Waals surface area contributed by atoms with Gasteiger partial charge in [-0.2, -0.15) is 0 Å². The lowest BCUT2D eigenvalue weighted by Gasteiger charge is -2.30. The van der Waals surface area contributed by atoms with E-state index >= 15 is 0 Å². The van der Waals surface area contributed by atoms with E-state index in [1.54, 1.807) is 0 Å². The van der Waals surface area contributed by atoms with Crippen LogP contribution in [0.15, 0.2) is 48.5 Å². The van der Waals surface area contributed by atoms with E-state index in [4.69, 9.17) is 0 Å². The lowest BCUT2D eigenvalue weighted by Crippen LogP contribution is -2.30. The van der Waals surface area contributed by atoms with Gasteiger partial charge in [0.25, 0.3) is 0 Å². The summed E-state index contributed by atoms with van der Waals surface area (Å²) >= 11 is 0. The summed E-state index contributed by atoms with van der Waals surface area (Å²) < 4.78 is 0. The molecular formula is C19H23N3O. The summed E-state index contributed by atoms with van der Waals surface area (Å²) in [7, 11) is 0. The molecule has 3 rings (SSSR count). The Labute approximate surface area is 137 Å². The minimum absolute atomic E-state index is 0.221. The zero-order valence-electron chi connectivity index (χ0n) is 13.5. The third-order valence-corrected chi connectivity index (χ3v) is 4.18. The molecular weight excluding hydrogens is 286 g/mol. The Balaban J connectivity index is 1.64. The first-order chi connectivity index (χ1) is 11.2. The summed E-state index contributed by atoms with van der Waals surface area (Å²) in [6.07, 6.45) is 3.85. The van der Waals surface area contributed by atoms with E-state index in [2.05, 4.69) is 28.5 Å². The van der Waals surface area contributed by atoms with Crippen molar-refractivity contribution in [3.05, 3.63) is 54.1 Å². The molecule has 0 spiro atoms. The average Bonchev–Trinajstić information content (AvgIpc) is 2.56. The van der Waals surface area contributed by atoms with Crippen LogP contribution in [0.4, 0.5) is 21.9 Å². The number of nitrogens with one attached hydrogen (secondary N) is 2. The van der Waals surface area contributed by atoms with Gasteiger partial charge in [-0.25, -0.2) is 4.79 Å². The smallest absolute Gasteiger partial charge is 0.323 e. The van der Waals surface area contributed by atoms with E-state index < -0.39 is 0 Å². The van der Waals surface area contributed by atoms with Crippen molar-refractivity contribution in [3.8, 4) is 0 Å². The maximum Gasteiger partial charge on any atom is 0.323 e. The maximum atomic E-state index is 12.0. The molecule has 4 nitrogen and oxygen atoms in total. The van der Waals surface area contributed by atoms with Gasteiger partial charge in [0.05, 0.1) is 0 Å². The van der Waals surface area contributed by atoms with E-state index in [0.717, 1.165) is 24.5 Å². The third-order valence-electron chi connectivity index (χ3n) is 4.18. The zero-order valence-corrected chi connectivity index (χ0v) is 13.5. The summed E-state index contributed by atoms with van der Waals surface area (Å²) in [4.78, 5) is 14.5. The predicted octanol–water partition coefficient (Wildman–Crippen LogP) is 4.63. The van der Waals surface area contributed by atoms with Gasteiger partial charge in [0.2, 0.25) is 0 Å². The number of carbonyl (C=O) groups is 1. The quantitative estimate of drug-likeness (QED) is 0.868. The van der Waals surface area contributed by atoms with Crippen LogP contribution in [-0.4, -0.2) is 19.1 Å². The molecule has 4 heteroatoms. The second kappa shape index (κ2) is 7.18. The van der Waals surface area contributed by atoms with E-state index in [1.165, 1.54) is 30.5 Å². The van der Waals surface area contributed by atoms with Crippen LogP contribution in [-0.2, 0) is 0 Å². The lowest BCUT2D eigenvalue weighted by atomic mass is 10.1. The Morgan fingerprint density at radius 1 is 0.913 bits per heavy atom. The molecule has 120 valence electrons. The molecule has 0 saturated carbocycles. The second-order valence-corrected chi connectivity index (χ2v) is 5.99. The van der Waals surface area contributed by atoms with E-state index in [9.17, 15) is 4.79 Å². The number of hydrogen-bond acceptors (Lipinski definition) is 2. The van der Waals surface area contributed by atoms with Crippen molar-refractivity contribution >= 4 is 23.1 Å². The zero-order chi connectivity index (χ0) is 16.1. The second-order valence-electron chi connectivity index (χ2n) is 5.99. The molecule has 2 aromatic carbocycles. The highest BCUT2D eigenvalue weighted by atomic mass is 16.2. The van der Waals surface area contributed by atoms with Crippen molar-refractivity contribution in [1.29, 1.82) is 0 Å². The fourth-order valence-electron chi connectivity index (χ4n) is 3.04. The van der Waals surface area contributed by atoms with Crippen molar-refractivity contribution < 1.29 is 4.79 Å². The normalized spacial score (nSPS) is 14.4. The molecule has 2 N–H and O–H groups in total. The standard InChI is InChI=1S/C19H23N3O/c1-15-14-17(10-11-18(15)22-12-6-3-7-13-22)21-19(23)20-16-8-4-2-5-9-16/h2,4-5,8-11,14H,3,6-7,12-13H2,1H3,(H2,20,21,23). The summed E-state index contributed by atoms with van der Waals surface area (Å²) in [5.74, 6) is 0. The molecule has 0 aromatic heterocycles. The predicted molar refractivity (Wildman–Crippen MR) is 96.3 cm³/mol. The largest absolute Gasteiger partial charge is 0.371 e. The molecule has 1 fully saturated rings. The third kappa shape index (κ3) is 4.03. The van der Waals surface area contributed by atoms with Crippen molar-refractivity contribution in [2.75, 3.05) is 28.6 Å². The molecule has 2 aromatic rings. The summed E-state index contributed by atoms with van der Waals surface area (Å²) in [6, 6.07) is 15.3. The van der Waals surface area contributed by atoms with E-state index in [1.807, 2.05) is 42.5 Å². The van der Waals surface area contributed by atoms with Crippen LogP contribution in [0.1, 0.15) is 24.8 Å². The number of carbonyl (C=O) groups excluding carboxylic acids is 1. The number of amides is 2. The topological polar surface area (TPSA) is 44.4 Å². The molecule has 0 aliphatic carbocycles. The van der Waals surface area contributed by atoms with E-state index in [0.29, 0.717) is 0 Å². The Morgan fingerprint density at radius 3 is 2.30 bits per heavy atom. The lowest BCUT2D eigenvalue weighted by molar-refractivity contribution is 0.262. The molecule has 0 radical (unpaired) electrons. The summed E-state index contributed by atoms with van der Waals surface area (Å²) in [5, 5.41) is 5.72. The van der Waals surface area contributed by atoms with Crippen LogP contribution in [0.25, 0.3) is 0 Å². The van der Waals surface area contributed by atoms with Gasteiger partial charge in [-0.3, -0.25) is 0 Å². The van der Waals surface area contributed by atoms with Crippen LogP contribution in [0.5, 0.6) is 0 Å². The first kappa shape index (κ1) is 15.4. The minimum Gasteiger partial charge on any atom is -0.371 e. The Hall–Kier alpha value is -2.49. The number of nitrogens with zero attached hydrogens (tertiary/aromatic N) is 1. The highest BCUT2D eigenvalue weighted by molar-refractivity contribution is 5.99. The van der Waals surface area contributed by atoms with Gasteiger partial charge in [-0.05, 0) is 62.1 Å². The van der Waals surface area contributed by atoms with Crippen molar-refractivity contribution in [2.45, 2.75) is 26.2 Å². The molecule has 2 amide bonds. The van der Waals surface area contributed by atoms with Crippen LogP contribution < -0.4 is 15.5 Å². The number of piperidine rings is 1. The SMILES string of the molecule is Cc1cc(NC(=O)Nc2ccccc2)ccc1N1CCCCC1. The van der Waals surface area contributed by atoms with Gasteiger partial charge < -0.3 is 15.5 Å². The summed E-state index contributed by atoms with van der Waals surface area (Å²) in [6.45, 7) is 4.36. The number of aryl methyl sites for hydroxylation is 1. The highest BCUT2D eigenvalue weighted by Gasteiger charge is 2.13. The Morgan fingerprint density at radius 2 is 1.61 bits per heavy atom. The first-order valence-corrected chi connectivity index (χ1v) is 8.21. The fraction of sp³-hybridized carbons (Fsp3) is 0.316. The molecule has 1 aliphatic heterocycles. The van der Waals surface area contributed by atoms with Gasteiger partial charge in [0.1, 0.15) is 0 Å². The molecule has 1 heterocycles. The van der Waals surface area contributed by atoms with Crippen molar-refractivity contribution in [1.82, 2.24) is 0 Å². The first-order valence-electron chi connectivity index (χ1n) is 8.21. The number of benzene rings is 2. The number of rotatable bonds is 3. The highest BCUT2D eigenvalue weighted by Crippen LogP contribution is 2.26. The number of anilines is 3. The van der Waals surface area contributed by atoms with Crippen molar-refractivity contribution in [3.63, 3.8) is 0 Å². The number of para-hydroxylation sites is 1. The van der Waals surface area contributed by atoms with Crippen molar-refractivity contribution in [2.24, 2.45) is 0 Å². The molecule has 1 saturated heterocycles. The molecule has 1 aliphatic rings. The van der Waals surface area contributed by atoms with Gasteiger partial charge in [0.15, 0.2) is 0 Å². The number of hydrogen-bond donors (Lipinski definition) is 2. The Bertz CT molecular complexity index is 664. The van der Waals surface area contributed by atoms with Crippen LogP contribution in [0.3, 0.4) is 0 Å². The average molecular weight is 309 g/mol. The molecule has 0 unspecified atom stereocenters. The van der Waals surface area contributed by atoms with Gasteiger partial charge >= 0.3 is 6.03 Å². The maximum absolute atomic E-state index is 12.0. The Kier molecular flexibility index (Phi) is 4.81. The van der Waals surface area contributed by atoms with Gasteiger partial charge in [-0.15, -0.1) is 0 Å². The summed E-state index contributed by atoms with van der Waals surface area (Å²) in [5.41, 5.74) is 4.08. The minimum atomic E-state index is -0.221. The number of urea groups is 1. The van der Waals surface area contributed by atoms with Gasteiger partial charge in [-0.1, -0.05) is 18.2 Å². The van der Waals surface area contributed by atoms with Crippen LogP contribution >= 0.6 is 0 Å².